The van der Waals surface area contributed by atoms with E-state index < -0.39 is 0 Å². The van der Waals surface area contributed by atoms with Gasteiger partial charge >= 0.3 is 0 Å². The van der Waals surface area contributed by atoms with Crippen LogP contribution in [0.4, 0.5) is 11.5 Å². The van der Waals surface area contributed by atoms with Crippen LogP contribution in [-0.2, 0) is 0 Å². The number of aromatic nitrogens is 2. The fourth-order valence-corrected chi connectivity index (χ4v) is 1.90. The van der Waals surface area contributed by atoms with Gasteiger partial charge in [-0.1, -0.05) is 31.4 Å². The minimum Gasteiger partial charge on any atom is -0.393 e. The number of rotatable bonds is 5. The van der Waals surface area contributed by atoms with Crippen molar-refractivity contribution in [3.05, 3.63) is 11.5 Å². The molecule has 1 aromatic rings. The highest BCUT2D eigenvalue weighted by atomic mass is 35.5. The number of halogens is 1. The van der Waals surface area contributed by atoms with E-state index >= 15 is 0 Å². The topological polar surface area (TPSA) is 63.8 Å². The Morgan fingerprint density at radius 2 is 2.31 bits per heavy atom. The Labute approximate surface area is 101 Å². The molecule has 4 nitrogen and oxygen atoms in total. The number of hydrogen-bond donors (Lipinski definition) is 2. The molecule has 1 atom stereocenters. The zero-order valence-corrected chi connectivity index (χ0v) is 10.2. The van der Waals surface area contributed by atoms with E-state index in [1.807, 2.05) is 0 Å². The van der Waals surface area contributed by atoms with Crippen LogP contribution in [0.1, 0.15) is 32.6 Å². The minimum absolute atomic E-state index is 0.318. The highest BCUT2D eigenvalue weighted by Gasteiger charge is 2.25. The van der Waals surface area contributed by atoms with Crippen molar-refractivity contribution in [1.29, 1.82) is 0 Å². The van der Waals surface area contributed by atoms with Crippen LogP contribution in [0.2, 0.25) is 5.15 Å². The fraction of sp³-hybridized carbons (Fsp3) is 0.636. The second-order valence-electron chi connectivity index (χ2n) is 4.36. The SMILES string of the molecule is CCC(CC1CC1)Nc1ncnc(Cl)c1N. The molecule has 88 valence electrons. The van der Waals surface area contributed by atoms with Crippen molar-refractivity contribution in [2.24, 2.45) is 5.92 Å². The molecule has 3 N–H and O–H groups in total. The number of nitrogens with one attached hydrogen (secondary N) is 1. The highest BCUT2D eigenvalue weighted by molar-refractivity contribution is 6.32. The summed E-state index contributed by atoms with van der Waals surface area (Å²) in [6.45, 7) is 2.17. The Bertz CT molecular complexity index is 365. The van der Waals surface area contributed by atoms with E-state index in [-0.39, 0.29) is 0 Å². The zero-order valence-electron chi connectivity index (χ0n) is 9.41. The minimum atomic E-state index is 0.318. The Hall–Kier alpha value is -1.03. The molecule has 0 saturated heterocycles. The first-order valence-corrected chi connectivity index (χ1v) is 6.11. The van der Waals surface area contributed by atoms with Crippen LogP contribution in [0.5, 0.6) is 0 Å². The first-order chi connectivity index (χ1) is 7.70. The average Bonchev–Trinajstić information content (AvgIpc) is 3.07. The summed E-state index contributed by atoms with van der Waals surface area (Å²) in [6.07, 6.45) is 6.41. The standard InChI is InChI=1S/C11H17ClN4/c1-2-8(5-7-3-4-7)16-11-9(13)10(12)14-6-15-11/h6-8H,2-5,13H2,1H3,(H,14,15,16). The summed E-state index contributed by atoms with van der Waals surface area (Å²) in [6, 6.07) is 0.431. The number of nitrogens with zero attached hydrogens (tertiary/aromatic N) is 2. The van der Waals surface area contributed by atoms with Crippen LogP contribution >= 0.6 is 11.6 Å². The van der Waals surface area contributed by atoms with Crippen molar-refractivity contribution in [2.45, 2.75) is 38.6 Å². The summed E-state index contributed by atoms with van der Waals surface area (Å²) in [4.78, 5) is 7.96. The molecule has 1 aliphatic rings. The molecule has 16 heavy (non-hydrogen) atoms. The smallest absolute Gasteiger partial charge is 0.157 e. The van der Waals surface area contributed by atoms with Gasteiger partial charge in [-0.05, 0) is 18.8 Å². The van der Waals surface area contributed by atoms with Gasteiger partial charge in [-0.2, -0.15) is 0 Å². The van der Waals surface area contributed by atoms with E-state index in [2.05, 4.69) is 22.2 Å². The molecular formula is C11H17ClN4. The van der Waals surface area contributed by atoms with Gasteiger partial charge < -0.3 is 11.1 Å². The van der Waals surface area contributed by atoms with Crippen molar-refractivity contribution >= 4 is 23.1 Å². The molecular weight excluding hydrogens is 224 g/mol. The van der Waals surface area contributed by atoms with Crippen molar-refractivity contribution in [1.82, 2.24) is 9.97 Å². The lowest BCUT2D eigenvalue weighted by Crippen LogP contribution is -2.21. The largest absolute Gasteiger partial charge is 0.393 e. The third kappa shape index (κ3) is 2.76. The molecule has 5 heteroatoms. The summed E-state index contributed by atoms with van der Waals surface area (Å²) in [5, 5.41) is 3.67. The Kier molecular flexibility index (Phi) is 3.49. The molecule has 1 aromatic heterocycles. The van der Waals surface area contributed by atoms with E-state index in [0.29, 0.717) is 22.7 Å². The van der Waals surface area contributed by atoms with Crippen LogP contribution in [0.15, 0.2) is 6.33 Å². The van der Waals surface area contributed by atoms with Crippen molar-refractivity contribution in [3.63, 3.8) is 0 Å². The Morgan fingerprint density at radius 1 is 1.56 bits per heavy atom. The molecule has 0 amide bonds. The lowest BCUT2D eigenvalue weighted by atomic mass is 10.1. The van der Waals surface area contributed by atoms with Crippen molar-refractivity contribution in [3.8, 4) is 0 Å². The maximum absolute atomic E-state index is 5.84. The Balaban J connectivity index is 2.02. The van der Waals surface area contributed by atoms with Gasteiger partial charge in [-0.3, -0.25) is 0 Å². The van der Waals surface area contributed by atoms with E-state index in [1.54, 1.807) is 0 Å². The van der Waals surface area contributed by atoms with Gasteiger partial charge in [0.1, 0.15) is 12.0 Å². The fourth-order valence-electron chi connectivity index (χ4n) is 1.77. The number of nitrogen functional groups attached to an aromatic ring is 1. The molecule has 0 aliphatic heterocycles. The molecule has 1 unspecified atom stereocenters. The van der Waals surface area contributed by atoms with Gasteiger partial charge in [0.05, 0.1) is 0 Å². The van der Waals surface area contributed by atoms with Crippen molar-refractivity contribution in [2.75, 3.05) is 11.1 Å². The monoisotopic (exact) mass is 240 g/mol. The lowest BCUT2D eigenvalue weighted by Gasteiger charge is -2.18. The van der Waals surface area contributed by atoms with E-state index in [0.717, 1.165) is 12.3 Å². The van der Waals surface area contributed by atoms with Crippen molar-refractivity contribution < 1.29 is 0 Å². The predicted octanol–water partition coefficient (Wildman–Crippen LogP) is 2.70. The number of hydrogen-bond acceptors (Lipinski definition) is 4. The normalized spacial score (nSPS) is 17.1. The molecule has 0 spiro atoms. The average molecular weight is 241 g/mol. The van der Waals surface area contributed by atoms with Gasteiger partial charge in [-0.15, -0.1) is 0 Å². The second kappa shape index (κ2) is 4.87. The van der Waals surface area contributed by atoms with Crippen LogP contribution in [0.3, 0.4) is 0 Å². The number of anilines is 2. The van der Waals surface area contributed by atoms with Crippen LogP contribution < -0.4 is 11.1 Å². The summed E-state index contributed by atoms with van der Waals surface area (Å²) in [7, 11) is 0. The first-order valence-electron chi connectivity index (χ1n) is 5.73. The predicted molar refractivity (Wildman–Crippen MR) is 66.5 cm³/mol. The molecule has 0 aromatic carbocycles. The van der Waals surface area contributed by atoms with Gasteiger partial charge in [0.25, 0.3) is 0 Å². The van der Waals surface area contributed by atoms with Crippen LogP contribution in [0.25, 0.3) is 0 Å². The maximum atomic E-state index is 5.84. The van der Waals surface area contributed by atoms with Crippen LogP contribution in [-0.4, -0.2) is 16.0 Å². The molecule has 1 saturated carbocycles. The quantitative estimate of drug-likeness (QED) is 0.777. The first kappa shape index (κ1) is 11.5. The summed E-state index contributed by atoms with van der Waals surface area (Å²) < 4.78 is 0. The van der Waals surface area contributed by atoms with Gasteiger partial charge in [-0.25, -0.2) is 9.97 Å². The van der Waals surface area contributed by atoms with E-state index in [4.69, 9.17) is 17.3 Å². The summed E-state index contributed by atoms with van der Waals surface area (Å²) in [5.41, 5.74) is 6.26. The van der Waals surface area contributed by atoms with E-state index in [1.165, 1.54) is 25.6 Å². The van der Waals surface area contributed by atoms with Gasteiger partial charge in [0.15, 0.2) is 11.0 Å². The summed E-state index contributed by atoms with van der Waals surface area (Å²) in [5.74, 6) is 1.54. The van der Waals surface area contributed by atoms with Gasteiger partial charge in [0, 0.05) is 6.04 Å². The third-order valence-corrected chi connectivity index (χ3v) is 3.28. The molecule has 0 bridgehead atoms. The lowest BCUT2D eigenvalue weighted by molar-refractivity contribution is 0.585. The maximum Gasteiger partial charge on any atom is 0.157 e. The third-order valence-electron chi connectivity index (χ3n) is 2.98. The molecule has 0 radical (unpaired) electrons. The molecule has 2 rings (SSSR count). The zero-order chi connectivity index (χ0) is 11.5. The van der Waals surface area contributed by atoms with Gasteiger partial charge in [0.2, 0.25) is 0 Å². The van der Waals surface area contributed by atoms with E-state index in [9.17, 15) is 0 Å². The molecule has 1 heterocycles. The summed E-state index contributed by atoms with van der Waals surface area (Å²) >= 11 is 5.84. The molecule has 1 aliphatic carbocycles. The molecule has 1 fully saturated rings. The number of nitrogens with two attached hydrogens (primary N) is 1. The highest BCUT2D eigenvalue weighted by Crippen LogP contribution is 2.35. The van der Waals surface area contributed by atoms with Crippen LogP contribution in [0, 0.1) is 5.92 Å². The second-order valence-corrected chi connectivity index (χ2v) is 4.71. The Morgan fingerprint density at radius 3 is 2.94 bits per heavy atom.